The molecule has 8 heteroatoms. The number of nitrogens with zero attached hydrogens (tertiary/aromatic N) is 4. The van der Waals surface area contributed by atoms with Crippen molar-refractivity contribution < 1.29 is 14.2 Å². The van der Waals surface area contributed by atoms with Gasteiger partial charge in [0.25, 0.3) is 0 Å². The molecule has 1 aromatic heterocycles. The lowest BCUT2D eigenvalue weighted by molar-refractivity contribution is -0.147. The fraction of sp³-hybridized carbons (Fsp3) is 0.360. The Kier molecular flexibility index (Phi) is 6.44. The van der Waals surface area contributed by atoms with Crippen LogP contribution in [0.2, 0.25) is 0 Å². The molecule has 1 aliphatic rings. The maximum Gasteiger partial charge on any atom is 0.230 e. The fourth-order valence-electron chi connectivity index (χ4n) is 4.69. The van der Waals surface area contributed by atoms with E-state index in [0.717, 1.165) is 29.5 Å². The summed E-state index contributed by atoms with van der Waals surface area (Å²) in [5.41, 5.74) is 8.67. The molecular formula is C25H29N5O3. The Bertz CT molecular complexity index is 1130. The third-order valence-electron chi connectivity index (χ3n) is 6.27. The first kappa shape index (κ1) is 22.5. The Morgan fingerprint density at radius 2 is 1.85 bits per heavy atom. The van der Waals surface area contributed by atoms with Crippen molar-refractivity contribution >= 4 is 17.6 Å². The van der Waals surface area contributed by atoms with E-state index in [0.29, 0.717) is 25.2 Å². The first-order valence-corrected chi connectivity index (χ1v) is 11.1. The number of rotatable bonds is 6. The summed E-state index contributed by atoms with van der Waals surface area (Å²) < 4.78 is 4.61. The summed E-state index contributed by atoms with van der Waals surface area (Å²) in [5, 5.41) is 7.27. The molecule has 1 fully saturated rings. The third kappa shape index (κ3) is 4.89. The lowest BCUT2D eigenvalue weighted by Gasteiger charge is -2.43. The summed E-state index contributed by atoms with van der Waals surface area (Å²) in [6.45, 7) is 0.945. The van der Waals surface area contributed by atoms with Crippen LogP contribution < -0.4 is 5.73 Å². The van der Waals surface area contributed by atoms with Crippen molar-refractivity contribution in [2.45, 2.75) is 25.7 Å². The Morgan fingerprint density at radius 1 is 1.09 bits per heavy atom. The zero-order valence-corrected chi connectivity index (χ0v) is 19.0. The molecule has 1 unspecified atom stereocenters. The molecule has 0 spiro atoms. The molecule has 2 aromatic carbocycles. The number of aromatic nitrogens is 2. The number of amides is 2. The van der Waals surface area contributed by atoms with Gasteiger partial charge in [-0.2, -0.15) is 0 Å². The van der Waals surface area contributed by atoms with Gasteiger partial charge in [-0.15, -0.1) is 0 Å². The van der Waals surface area contributed by atoms with Gasteiger partial charge in [-0.1, -0.05) is 59.8 Å². The van der Waals surface area contributed by atoms with Gasteiger partial charge in [-0.25, -0.2) is 4.63 Å². The highest BCUT2D eigenvalue weighted by Crippen LogP contribution is 2.36. The van der Waals surface area contributed by atoms with Gasteiger partial charge in [0.05, 0.1) is 11.8 Å². The molecule has 0 saturated carbocycles. The average Bonchev–Trinajstić information content (AvgIpc) is 3.23. The predicted octanol–water partition coefficient (Wildman–Crippen LogP) is 2.80. The summed E-state index contributed by atoms with van der Waals surface area (Å²) in [6, 6.07) is 18.5. The first-order valence-electron chi connectivity index (χ1n) is 11.1. The second-order valence-electron chi connectivity index (χ2n) is 8.91. The number of benzene rings is 2. The number of piperidine rings is 1. The van der Waals surface area contributed by atoms with Gasteiger partial charge in [0.1, 0.15) is 5.69 Å². The largest absolute Gasteiger partial charge is 0.379 e. The van der Waals surface area contributed by atoms with E-state index in [9.17, 15) is 9.59 Å². The van der Waals surface area contributed by atoms with Gasteiger partial charge >= 0.3 is 0 Å². The van der Waals surface area contributed by atoms with Crippen molar-refractivity contribution in [2.75, 3.05) is 32.9 Å². The van der Waals surface area contributed by atoms with Crippen LogP contribution in [0, 0.1) is 5.41 Å². The molecule has 0 bridgehead atoms. The van der Waals surface area contributed by atoms with E-state index in [2.05, 4.69) is 45.3 Å². The van der Waals surface area contributed by atoms with E-state index in [-0.39, 0.29) is 24.1 Å². The van der Waals surface area contributed by atoms with E-state index >= 15 is 0 Å². The summed E-state index contributed by atoms with van der Waals surface area (Å²) in [6.07, 6.45) is 2.03. The minimum Gasteiger partial charge on any atom is -0.379 e. The molecule has 2 amide bonds. The van der Waals surface area contributed by atoms with Crippen molar-refractivity contribution in [1.29, 1.82) is 0 Å². The smallest absolute Gasteiger partial charge is 0.230 e. The minimum absolute atomic E-state index is 0.00502. The molecule has 1 saturated heterocycles. The number of nitrogen functional groups attached to an aromatic ring is 1. The zero-order valence-electron chi connectivity index (χ0n) is 19.0. The molecular weight excluding hydrogens is 418 g/mol. The van der Waals surface area contributed by atoms with E-state index in [1.165, 1.54) is 0 Å². The van der Waals surface area contributed by atoms with Crippen molar-refractivity contribution in [3.63, 3.8) is 0 Å². The maximum absolute atomic E-state index is 13.4. The van der Waals surface area contributed by atoms with Crippen molar-refractivity contribution in [3.8, 4) is 11.1 Å². The maximum atomic E-state index is 13.4. The molecule has 3 aromatic rings. The Morgan fingerprint density at radius 3 is 2.55 bits per heavy atom. The molecule has 1 atom stereocenters. The normalized spacial score (nSPS) is 18.2. The topological polar surface area (TPSA) is 106 Å². The molecule has 172 valence electrons. The summed E-state index contributed by atoms with van der Waals surface area (Å²) >= 11 is 0. The first-order chi connectivity index (χ1) is 15.9. The molecule has 1 aliphatic heterocycles. The summed E-state index contributed by atoms with van der Waals surface area (Å²) in [7, 11) is 3.54. The van der Waals surface area contributed by atoms with Gasteiger partial charge < -0.3 is 15.5 Å². The predicted molar refractivity (Wildman–Crippen MR) is 125 cm³/mol. The number of anilines is 1. The van der Waals surface area contributed by atoms with Crippen LogP contribution in [0.3, 0.4) is 0 Å². The van der Waals surface area contributed by atoms with Crippen LogP contribution in [-0.2, 0) is 22.4 Å². The molecule has 0 aliphatic carbocycles. The van der Waals surface area contributed by atoms with Gasteiger partial charge in [0.2, 0.25) is 11.8 Å². The zero-order chi connectivity index (χ0) is 23.4. The van der Waals surface area contributed by atoms with Crippen LogP contribution in [0.4, 0.5) is 5.82 Å². The van der Waals surface area contributed by atoms with E-state index < -0.39 is 5.41 Å². The van der Waals surface area contributed by atoms with Gasteiger partial charge in [-0.05, 0) is 41.1 Å². The van der Waals surface area contributed by atoms with Gasteiger partial charge in [-0.3, -0.25) is 9.59 Å². The highest BCUT2D eigenvalue weighted by atomic mass is 16.6. The van der Waals surface area contributed by atoms with Crippen LogP contribution in [0.5, 0.6) is 0 Å². The Balaban J connectivity index is 1.59. The SMILES string of the molecule is CN(C)C(=O)C1(Cc2cccc(-c3ccccc3)c2)CCCN(C(=O)Cc2nonc2N)C1. The lowest BCUT2D eigenvalue weighted by atomic mass is 9.73. The van der Waals surface area contributed by atoms with Crippen molar-refractivity contribution in [1.82, 2.24) is 20.1 Å². The van der Waals surface area contributed by atoms with Crippen LogP contribution in [-0.4, -0.2) is 59.1 Å². The van der Waals surface area contributed by atoms with E-state index in [1.807, 2.05) is 24.3 Å². The quantitative estimate of drug-likeness (QED) is 0.623. The van der Waals surface area contributed by atoms with Crippen molar-refractivity contribution in [3.05, 3.63) is 65.9 Å². The van der Waals surface area contributed by atoms with Crippen molar-refractivity contribution in [2.24, 2.45) is 5.41 Å². The number of nitrogens with two attached hydrogens (primary N) is 1. The fourth-order valence-corrected chi connectivity index (χ4v) is 4.69. The molecule has 4 rings (SSSR count). The second-order valence-corrected chi connectivity index (χ2v) is 8.91. The second kappa shape index (κ2) is 9.44. The number of carbonyl (C=O) groups is 2. The minimum atomic E-state index is -0.694. The molecule has 0 radical (unpaired) electrons. The van der Waals surface area contributed by atoms with Crippen LogP contribution in [0.25, 0.3) is 11.1 Å². The monoisotopic (exact) mass is 447 g/mol. The Labute approximate surface area is 193 Å². The van der Waals surface area contributed by atoms with Crippen LogP contribution in [0.15, 0.2) is 59.2 Å². The molecule has 2 heterocycles. The standard InChI is InChI=1S/C25H29N5O3/c1-29(2)24(32)25(16-18-8-6-11-20(14-18)19-9-4-3-5-10-19)12-7-13-30(17-25)22(31)15-21-23(26)28-33-27-21/h3-6,8-11,14H,7,12-13,15-17H2,1-2H3,(H2,26,28). The highest BCUT2D eigenvalue weighted by molar-refractivity contribution is 5.85. The number of hydrogen-bond donors (Lipinski definition) is 1. The third-order valence-corrected chi connectivity index (χ3v) is 6.27. The number of likely N-dealkylation sites (tertiary alicyclic amines) is 1. The highest BCUT2D eigenvalue weighted by Gasteiger charge is 2.44. The van der Waals surface area contributed by atoms with E-state index in [4.69, 9.17) is 5.73 Å². The number of hydrogen-bond acceptors (Lipinski definition) is 6. The summed E-state index contributed by atoms with van der Waals surface area (Å²) in [5.74, 6) is 0.0208. The summed E-state index contributed by atoms with van der Waals surface area (Å²) in [4.78, 5) is 29.9. The average molecular weight is 448 g/mol. The number of carbonyl (C=O) groups excluding carboxylic acids is 2. The Hall–Kier alpha value is -3.68. The van der Waals surface area contributed by atoms with Crippen LogP contribution >= 0.6 is 0 Å². The molecule has 2 N–H and O–H groups in total. The van der Waals surface area contributed by atoms with Gasteiger partial charge in [0.15, 0.2) is 5.82 Å². The van der Waals surface area contributed by atoms with Gasteiger partial charge in [0, 0.05) is 27.2 Å². The van der Waals surface area contributed by atoms with E-state index in [1.54, 1.807) is 23.9 Å². The van der Waals surface area contributed by atoms with Crippen LogP contribution in [0.1, 0.15) is 24.1 Å². The molecule has 8 nitrogen and oxygen atoms in total. The lowest BCUT2D eigenvalue weighted by Crippen LogP contribution is -2.54. The molecule has 33 heavy (non-hydrogen) atoms.